The molecule has 1 aromatic carbocycles. The van der Waals surface area contributed by atoms with Gasteiger partial charge >= 0.3 is 0 Å². The monoisotopic (exact) mass is 421 g/mol. The average molecular weight is 422 g/mol. The molecule has 2 aromatic rings. The Morgan fingerprint density at radius 1 is 1.45 bits per heavy atom. The number of nitrogens with one attached hydrogen (secondary N) is 1. The smallest absolute Gasteiger partial charge is 0.257 e. The van der Waals surface area contributed by atoms with Crippen molar-refractivity contribution >= 4 is 56.6 Å². The van der Waals surface area contributed by atoms with E-state index in [1.807, 2.05) is 6.07 Å². The highest BCUT2D eigenvalue weighted by Gasteiger charge is 2.12. The van der Waals surface area contributed by atoms with Gasteiger partial charge in [0.1, 0.15) is 5.01 Å². The third-order valence-corrected chi connectivity index (χ3v) is 4.89. The van der Waals surface area contributed by atoms with E-state index in [0.29, 0.717) is 21.6 Å². The summed E-state index contributed by atoms with van der Waals surface area (Å²) < 4.78 is 0.913. The van der Waals surface area contributed by atoms with Gasteiger partial charge in [0.05, 0.1) is 5.02 Å². The van der Waals surface area contributed by atoms with Crippen LogP contribution in [0, 0.1) is 9.49 Å². The van der Waals surface area contributed by atoms with Gasteiger partial charge in [-0.15, -0.1) is 10.2 Å². The minimum atomic E-state index is -0.226. The topological polar surface area (TPSA) is 54.9 Å². The van der Waals surface area contributed by atoms with Crippen molar-refractivity contribution in [1.29, 1.82) is 0 Å². The van der Waals surface area contributed by atoms with E-state index in [4.69, 9.17) is 11.6 Å². The molecule has 2 rings (SSSR count). The lowest BCUT2D eigenvalue weighted by molar-refractivity contribution is 0.102. The third kappa shape index (κ3) is 4.13. The van der Waals surface area contributed by atoms with Gasteiger partial charge in [-0.2, -0.15) is 0 Å². The number of carbonyl (C=O) groups excluding carboxylic acids is 1. The highest BCUT2D eigenvalue weighted by atomic mass is 127. The van der Waals surface area contributed by atoms with E-state index in [1.54, 1.807) is 12.1 Å². The zero-order valence-corrected chi connectivity index (χ0v) is 14.7. The normalized spacial score (nSPS) is 10.8. The molecule has 0 radical (unpaired) electrons. The van der Waals surface area contributed by atoms with Gasteiger partial charge in [-0.3, -0.25) is 10.1 Å². The van der Waals surface area contributed by atoms with Crippen molar-refractivity contribution < 1.29 is 4.79 Å². The molecule has 20 heavy (non-hydrogen) atoms. The zero-order valence-electron chi connectivity index (χ0n) is 11.0. The number of hydrogen-bond donors (Lipinski definition) is 1. The molecule has 0 unspecified atom stereocenters. The lowest BCUT2D eigenvalue weighted by Gasteiger charge is -2.02. The van der Waals surface area contributed by atoms with Gasteiger partial charge in [0.25, 0.3) is 5.91 Å². The number of rotatable bonds is 4. The lowest BCUT2D eigenvalue weighted by atomic mass is 10.1. The summed E-state index contributed by atoms with van der Waals surface area (Å²) in [5.74, 6) is 0.289. The summed E-state index contributed by atoms with van der Waals surface area (Å²) >= 11 is 9.53. The van der Waals surface area contributed by atoms with Crippen LogP contribution >= 0.6 is 45.5 Å². The van der Waals surface area contributed by atoms with Crippen LogP contribution in [0.2, 0.25) is 5.02 Å². The molecular weight excluding hydrogens is 409 g/mol. The maximum Gasteiger partial charge on any atom is 0.257 e. The van der Waals surface area contributed by atoms with Crippen LogP contribution in [0.25, 0.3) is 0 Å². The predicted molar refractivity (Wildman–Crippen MR) is 90.6 cm³/mol. The summed E-state index contributed by atoms with van der Waals surface area (Å²) in [5, 5.41) is 12.8. The van der Waals surface area contributed by atoms with Crippen molar-refractivity contribution in [2.24, 2.45) is 5.92 Å². The maximum absolute atomic E-state index is 12.1. The van der Waals surface area contributed by atoms with Crippen molar-refractivity contribution in [2.45, 2.75) is 20.3 Å². The largest absolute Gasteiger partial charge is 0.296 e. The molecule has 1 N–H and O–H groups in total. The number of halogens is 2. The van der Waals surface area contributed by atoms with E-state index in [-0.39, 0.29) is 5.91 Å². The molecule has 106 valence electrons. The molecule has 0 aliphatic rings. The molecule has 0 aliphatic carbocycles. The minimum Gasteiger partial charge on any atom is -0.296 e. The first-order valence-corrected chi connectivity index (χ1v) is 8.32. The molecule has 1 aromatic heterocycles. The fourth-order valence-corrected chi connectivity index (χ4v) is 3.01. The first kappa shape index (κ1) is 15.7. The second-order valence-corrected chi connectivity index (χ2v) is 7.31. The molecule has 1 heterocycles. The van der Waals surface area contributed by atoms with Crippen LogP contribution in [0.3, 0.4) is 0 Å². The van der Waals surface area contributed by atoms with E-state index in [1.165, 1.54) is 11.3 Å². The first-order chi connectivity index (χ1) is 9.45. The molecule has 0 fully saturated rings. The van der Waals surface area contributed by atoms with E-state index in [0.717, 1.165) is 15.0 Å². The Morgan fingerprint density at radius 3 is 2.85 bits per heavy atom. The van der Waals surface area contributed by atoms with Crippen LogP contribution in [0.1, 0.15) is 29.2 Å². The van der Waals surface area contributed by atoms with Crippen LogP contribution in [0.4, 0.5) is 5.13 Å². The summed E-state index contributed by atoms with van der Waals surface area (Å²) in [7, 11) is 0. The SMILES string of the molecule is CC(C)Cc1nnc(NC(=O)c2ccc(I)c(Cl)c2)s1. The average Bonchev–Trinajstić information content (AvgIpc) is 2.79. The van der Waals surface area contributed by atoms with E-state index >= 15 is 0 Å². The van der Waals surface area contributed by atoms with Gasteiger partial charge in [0.2, 0.25) is 5.13 Å². The maximum atomic E-state index is 12.1. The van der Waals surface area contributed by atoms with Crippen molar-refractivity contribution in [1.82, 2.24) is 10.2 Å². The quantitative estimate of drug-likeness (QED) is 0.751. The fourth-order valence-electron chi connectivity index (χ4n) is 1.54. The van der Waals surface area contributed by atoms with Crippen molar-refractivity contribution in [3.05, 3.63) is 37.4 Å². The Hall–Kier alpha value is -0.730. The summed E-state index contributed by atoms with van der Waals surface area (Å²) in [6.07, 6.45) is 0.864. The number of nitrogens with zero attached hydrogens (tertiary/aromatic N) is 2. The summed E-state index contributed by atoms with van der Waals surface area (Å²) in [6, 6.07) is 5.19. The second kappa shape index (κ2) is 6.82. The van der Waals surface area contributed by atoms with Gasteiger partial charge in [-0.1, -0.05) is 36.8 Å². The second-order valence-electron chi connectivity index (χ2n) is 4.68. The third-order valence-electron chi connectivity index (χ3n) is 2.45. The molecule has 0 atom stereocenters. The molecule has 0 saturated carbocycles. The number of hydrogen-bond acceptors (Lipinski definition) is 4. The van der Waals surface area contributed by atoms with Gasteiger partial charge in [-0.05, 0) is 46.7 Å². The van der Waals surface area contributed by atoms with Gasteiger partial charge in [-0.25, -0.2) is 0 Å². The molecular formula is C13H13ClIN3OS. The highest BCUT2D eigenvalue weighted by Crippen LogP contribution is 2.22. The summed E-state index contributed by atoms with van der Waals surface area (Å²) in [5.41, 5.74) is 0.510. The Labute approximate surface area is 140 Å². The molecule has 4 nitrogen and oxygen atoms in total. The van der Waals surface area contributed by atoms with Crippen molar-refractivity contribution in [3.63, 3.8) is 0 Å². The van der Waals surface area contributed by atoms with Gasteiger partial charge in [0, 0.05) is 15.6 Å². The van der Waals surface area contributed by atoms with Gasteiger partial charge < -0.3 is 0 Å². The first-order valence-electron chi connectivity index (χ1n) is 6.04. The Morgan fingerprint density at radius 2 is 2.20 bits per heavy atom. The standard InChI is InChI=1S/C13H13ClIN3OS/c1-7(2)5-11-17-18-13(20-11)16-12(19)8-3-4-10(15)9(14)6-8/h3-4,6-7H,5H2,1-2H3,(H,16,18,19). The van der Waals surface area contributed by atoms with E-state index < -0.39 is 0 Å². The number of anilines is 1. The Bertz CT molecular complexity index is 630. The molecule has 1 amide bonds. The number of amides is 1. The van der Waals surface area contributed by atoms with Crippen LogP contribution < -0.4 is 5.32 Å². The lowest BCUT2D eigenvalue weighted by Crippen LogP contribution is -2.11. The molecule has 7 heteroatoms. The molecule has 0 spiro atoms. The number of aromatic nitrogens is 2. The fraction of sp³-hybridized carbons (Fsp3) is 0.308. The van der Waals surface area contributed by atoms with Crippen molar-refractivity contribution in [3.8, 4) is 0 Å². The van der Waals surface area contributed by atoms with Crippen LogP contribution in [-0.2, 0) is 6.42 Å². The molecule has 0 bridgehead atoms. The Kier molecular flexibility index (Phi) is 5.34. The minimum absolute atomic E-state index is 0.226. The van der Waals surface area contributed by atoms with Crippen LogP contribution in [-0.4, -0.2) is 16.1 Å². The van der Waals surface area contributed by atoms with Gasteiger partial charge in [0.15, 0.2) is 0 Å². The zero-order chi connectivity index (χ0) is 14.7. The number of carbonyl (C=O) groups is 1. The summed E-state index contributed by atoms with van der Waals surface area (Å²) in [6.45, 7) is 4.24. The Balaban J connectivity index is 2.07. The summed E-state index contributed by atoms with van der Waals surface area (Å²) in [4.78, 5) is 12.1. The van der Waals surface area contributed by atoms with Crippen LogP contribution in [0.15, 0.2) is 18.2 Å². The molecule has 0 saturated heterocycles. The number of benzene rings is 1. The molecule has 0 aliphatic heterocycles. The van der Waals surface area contributed by atoms with Crippen LogP contribution in [0.5, 0.6) is 0 Å². The van der Waals surface area contributed by atoms with E-state index in [2.05, 4.69) is 52.0 Å². The van der Waals surface area contributed by atoms with E-state index in [9.17, 15) is 4.79 Å². The predicted octanol–water partition coefficient (Wildman–Crippen LogP) is 4.25. The highest BCUT2D eigenvalue weighted by molar-refractivity contribution is 14.1. The van der Waals surface area contributed by atoms with Crippen molar-refractivity contribution in [2.75, 3.05) is 5.32 Å².